The largest absolute Gasteiger partial charge is 0.487 e. The molecule has 0 saturated heterocycles. The first-order valence-corrected chi connectivity index (χ1v) is 8.40. The summed E-state index contributed by atoms with van der Waals surface area (Å²) in [5.41, 5.74) is -0.249. The van der Waals surface area contributed by atoms with Crippen LogP contribution in [-0.2, 0) is 15.2 Å². The number of alkyl halides is 1. The Morgan fingerprint density at radius 1 is 1.26 bits per heavy atom. The van der Waals surface area contributed by atoms with Crippen LogP contribution in [0.5, 0.6) is 5.75 Å². The molecule has 0 unspecified atom stereocenters. The topological polar surface area (TPSA) is 98.3 Å². The second-order valence-corrected chi connectivity index (χ2v) is 6.40. The van der Waals surface area contributed by atoms with Gasteiger partial charge in [0.25, 0.3) is 0 Å². The minimum atomic E-state index is -1.61. The number of carbonyl (C=O) groups excluding carboxylic acids is 1. The Morgan fingerprint density at radius 2 is 2.00 bits per heavy atom. The number of aromatic nitrogens is 3. The summed E-state index contributed by atoms with van der Waals surface area (Å²) in [7, 11) is 1.57. The lowest BCUT2D eigenvalue weighted by Gasteiger charge is -2.17. The van der Waals surface area contributed by atoms with E-state index in [4.69, 9.17) is 9.47 Å². The maximum absolute atomic E-state index is 14.3. The third-order valence-electron chi connectivity index (χ3n) is 3.43. The van der Waals surface area contributed by atoms with Gasteiger partial charge in [-0.25, -0.2) is 19.3 Å². The molecule has 146 valence electrons. The summed E-state index contributed by atoms with van der Waals surface area (Å²) in [5, 5.41) is 5.62. The van der Waals surface area contributed by atoms with E-state index >= 15 is 0 Å². The van der Waals surface area contributed by atoms with Gasteiger partial charge in [0.05, 0.1) is 24.2 Å². The molecule has 2 aromatic rings. The van der Waals surface area contributed by atoms with Crippen molar-refractivity contribution in [1.82, 2.24) is 15.0 Å². The van der Waals surface area contributed by atoms with Crippen molar-refractivity contribution in [3.63, 3.8) is 0 Å². The second-order valence-electron chi connectivity index (χ2n) is 6.40. The molecule has 0 aliphatic carbocycles. The molecule has 2 heterocycles. The lowest BCUT2D eigenvalue weighted by molar-refractivity contribution is -0.114. The van der Waals surface area contributed by atoms with Crippen LogP contribution in [0.15, 0.2) is 18.3 Å². The van der Waals surface area contributed by atoms with E-state index in [0.717, 1.165) is 0 Å². The first-order valence-electron chi connectivity index (χ1n) is 8.40. The van der Waals surface area contributed by atoms with Gasteiger partial charge in [0.2, 0.25) is 11.9 Å². The molecule has 2 N–H and O–H groups in total. The smallest absolute Gasteiger partial charge is 0.227 e. The summed E-state index contributed by atoms with van der Waals surface area (Å²) in [4.78, 5) is 24.0. The number of pyridine rings is 1. The number of amides is 1. The van der Waals surface area contributed by atoms with E-state index in [1.165, 1.54) is 27.0 Å². The van der Waals surface area contributed by atoms with Crippen LogP contribution in [0.3, 0.4) is 0 Å². The number of halogens is 1. The lowest BCUT2D eigenvalue weighted by Crippen LogP contribution is -2.15. The summed E-state index contributed by atoms with van der Waals surface area (Å²) in [6.07, 6.45) is 1.47. The van der Waals surface area contributed by atoms with Crippen LogP contribution in [-0.4, -0.2) is 41.2 Å². The first-order chi connectivity index (χ1) is 12.7. The van der Waals surface area contributed by atoms with Gasteiger partial charge in [0, 0.05) is 25.8 Å². The number of nitrogens with zero attached hydrogens (tertiary/aromatic N) is 3. The number of rotatable bonds is 8. The SMILES string of the molecule is COCCOc1cnc(NC(C)=O)cc1Nc1nc(C)cc(C(C)(C)F)n1. The van der Waals surface area contributed by atoms with E-state index in [1.54, 1.807) is 26.2 Å². The summed E-state index contributed by atoms with van der Waals surface area (Å²) in [6, 6.07) is 3.19. The number of anilines is 3. The Balaban J connectivity index is 2.36. The average Bonchev–Trinajstić information content (AvgIpc) is 2.55. The van der Waals surface area contributed by atoms with Crippen LogP contribution >= 0.6 is 0 Å². The molecule has 27 heavy (non-hydrogen) atoms. The second kappa shape index (κ2) is 8.72. The number of aryl methyl sites for hydroxylation is 1. The van der Waals surface area contributed by atoms with Crippen LogP contribution in [0.2, 0.25) is 0 Å². The molecule has 0 radical (unpaired) electrons. The predicted molar refractivity (Wildman–Crippen MR) is 100 cm³/mol. The van der Waals surface area contributed by atoms with Gasteiger partial charge in [0.15, 0.2) is 5.75 Å². The van der Waals surface area contributed by atoms with E-state index in [1.807, 2.05) is 0 Å². The number of ether oxygens (including phenoxy) is 2. The van der Waals surface area contributed by atoms with Crippen molar-refractivity contribution in [1.29, 1.82) is 0 Å². The van der Waals surface area contributed by atoms with Crippen molar-refractivity contribution in [2.24, 2.45) is 0 Å². The quantitative estimate of drug-likeness (QED) is 0.682. The fraction of sp³-hybridized carbons (Fsp3) is 0.444. The zero-order valence-electron chi connectivity index (χ0n) is 16.1. The van der Waals surface area contributed by atoms with Gasteiger partial charge in [-0.3, -0.25) is 4.79 Å². The fourth-order valence-electron chi connectivity index (χ4n) is 2.19. The van der Waals surface area contributed by atoms with E-state index in [-0.39, 0.29) is 17.5 Å². The summed E-state index contributed by atoms with van der Waals surface area (Å²) in [5.74, 6) is 0.720. The molecule has 0 atom stereocenters. The number of hydrogen-bond donors (Lipinski definition) is 2. The normalized spacial score (nSPS) is 11.2. The minimum Gasteiger partial charge on any atom is -0.487 e. The van der Waals surface area contributed by atoms with E-state index in [2.05, 4.69) is 25.6 Å². The zero-order chi connectivity index (χ0) is 20.0. The molecule has 8 nitrogen and oxygen atoms in total. The molecule has 1 amide bonds. The van der Waals surface area contributed by atoms with E-state index in [9.17, 15) is 9.18 Å². The molecular formula is C18H24FN5O3. The highest BCUT2D eigenvalue weighted by atomic mass is 19.1. The van der Waals surface area contributed by atoms with Gasteiger partial charge in [-0.05, 0) is 26.8 Å². The zero-order valence-corrected chi connectivity index (χ0v) is 16.1. The first kappa shape index (κ1) is 20.5. The number of methoxy groups -OCH3 is 1. The Kier molecular flexibility index (Phi) is 6.62. The summed E-state index contributed by atoms with van der Waals surface area (Å²) in [6.45, 7) is 6.71. The highest BCUT2D eigenvalue weighted by Gasteiger charge is 2.22. The number of carbonyl (C=O) groups is 1. The standard InChI is InChI=1S/C18H24FN5O3/c1-11-8-15(18(3,4)19)24-17(21-11)23-13-9-16(22-12(2)25)20-10-14(13)27-7-6-26-5/h8-10H,6-7H2,1-5H3,(H2,20,21,22,23,24,25). The summed E-state index contributed by atoms with van der Waals surface area (Å²) >= 11 is 0. The molecule has 0 fully saturated rings. The van der Waals surface area contributed by atoms with E-state index < -0.39 is 5.67 Å². The molecule has 2 rings (SSSR count). The minimum absolute atomic E-state index is 0.215. The van der Waals surface area contributed by atoms with Crippen molar-refractivity contribution in [3.8, 4) is 5.75 Å². The molecular weight excluding hydrogens is 353 g/mol. The van der Waals surface area contributed by atoms with Crippen LogP contribution in [0, 0.1) is 6.92 Å². The third kappa shape index (κ3) is 6.14. The highest BCUT2D eigenvalue weighted by Crippen LogP contribution is 2.30. The Bertz CT molecular complexity index is 808. The van der Waals surface area contributed by atoms with Gasteiger partial charge in [-0.1, -0.05) is 0 Å². The number of hydrogen-bond acceptors (Lipinski definition) is 7. The number of nitrogens with one attached hydrogen (secondary N) is 2. The van der Waals surface area contributed by atoms with Gasteiger partial charge in [-0.15, -0.1) is 0 Å². The molecule has 0 aliphatic heterocycles. The van der Waals surface area contributed by atoms with Gasteiger partial charge in [0.1, 0.15) is 18.1 Å². The molecule has 0 aromatic carbocycles. The van der Waals surface area contributed by atoms with E-state index in [0.29, 0.717) is 36.2 Å². The van der Waals surface area contributed by atoms with Crippen LogP contribution in [0.25, 0.3) is 0 Å². The molecule has 9 heteroatoms. The Labute approximate surface area is 157 Å². The average molecular weight is 377 g/mol. The maximum Gasteiger partial charge on any atom is 0.227 e. The van der Waals surface area contributed by atoms with Crippen LogP contribution in [0.1, 0.15) is 32.2 Å². The fourth-order valence-corrected chi connectivity index (χ4v) is 2.19. The predicted octanol–water partition coefficient (Wildman–Crippen LogP) is 3.11. The monoisotopic (exact) mass is 377 g/mol. The van der Waals surface area contributed by atoms with Crippen molar-refractivity contribution in [2.75, 3.05) is 31.0 Å². The third-order valence-corrected chi connectivity index (χ3v) is 3.43. The maximum atomic E-state index is 14.3. The van der Waals surface area contributed by atoms with Gasteiger partial charge < -0.3 is 20.1 Å². The Hall–Kier alpha value is -2.81. The van der Waals surface area contributed by atoms with Gasteiger partial charge in [-0.2, -0.15) is 0 Å². The van der Waals surface area contributed by atoms with Gasteiger partial charge >= 0.3 is 0 Å². The lowest BCUT2D eigenvalue weighted by atomic mass is 10.1. The Morgan fingerprint density at radius 3 is 2.63 bits per heavy atom. The molecule has 0 spiro atoms. The van der Waals surface area contributed by atoms with Crippen LogP contribution in [0.4, 0.5) is 21.8 Å². The van der Waals surface area contributed by atoms with Crippen molar-refractivity contribution in [3.05, 3.63) is 29.7 Å². The molecule has 0 aliphatic rings. The van der Waals surface area contributed by atoms with Crippen molar-refractivity contribution < 1.29 is 18.7 Å². The van der Waals surface area contributed by atoms with Crippen LogP contribution < -0.4 is 15.4 Å². The molecule has 2 aromatic heterocycles. The summed E-state index contributed by atoms with van der Waals surface area (Å²) < 4.78 is 24.9. The molecule has 0 bridgehead atoms. The molecule has 0 saturated carbocycles. The van der Waals surface area contributed by atoms with Crippen molar-refractivity contribution in [2.45, 2.75) is 33.4 Å². The highest BCUT2D eigenvalue weighted by molar-refractivity contribution is 5.88. The van der Waals surface area contributed by atoms with Crippen molar-refractivity contribution >= 4 is 23.4 Å².